The van der Waals surface area contributed by atoms with E-state index in [1.807, 2.05) is 0 Å². The van der Waals surface area contributed by atoms with Gasteiger partial charge in [0, 0.05) is 33.5 Å². The van der Waals surface area contributed by atoms with Gasteiger partial charge in [0.15, 0.2) is 17.5 Å². The van der Waals surface area contributed by atoms with Crippen molar-refractivity contribution in [2.75, 3.05) is 0 Å². The molecular formula is C26H11F7. The van der Waals surface area contributed by atoms with Gasteiger partial charge >= 0.3 is 0 Å². The number of halogens is 7. The van der Waals surface area contributed by atoms with Gasteiger partial charge in [-0.1, -0.05) is 24.3 Å². The van der Waals surface area contributed by atoms with Crippen molar-refractivity contribution in [3.63, 3.8) is 0 Å². The zero-order valence-corrected chi connectivity index (χ0v) is 16.5. The average Bonchev–Trinajstić information content (AvgIpc) is 2.78. The smallest absolute Gasteiger partial charge is 0.194 e. The third kappa shape index (κ3) is 3.23. The van der Waals surface area contributed by atoms with Gasteiger partial charge in [-0.05, 0) is 52.7 Å². The Hall–Kier alpha value is -3.87. The Morgan fingerprint density at radius 3 is 1.58 bits per heavy atom. The van der Waals surface area contributed by atoms with Gasteiger partial charge in [-0.2, -0.15) is 0 Å². The largest absolute Gasteiger partial charge is 0.207 e. The van der Waals surface area contributed by atoms with Crippen molar-refractivity contribution in [1.29, 1.82) is 0 Å². The lowest BCUT2D eigenvalue weighted by Crippen LogP contribution is -1.99. The standard InChI is InChI=1S/C26H11F7/c27-13-5-6-16(19(30)11-13)23-15-4-2-1-3-14(15)22(12-9-20(31)26(33)21(32)10-12)24-17(28)7-8-18(29)25(23)24/h1-11H. The van der Waals surface area contributed by atoms with Crippen molar-refractivity contribution >= 4 is 21.5 Å². The monoisotopic (exact) mass is 456 g/mol. The van der Waals surface area contributed by atoms with Crippen LogP contribution in [-0.4, -0.2) is 0 Å². The Labute approximate surface area is 182 Å². The van der Waals surface area contributed by atoms with E-state index in [1.165, 1.54) is 12.1 Å². The molecule has 0 unspecified atom stereocenters. The molecule has 7 heteroatoms. The lowest BCUT2D eigenvalue weighted by molar-refractivity contribution is 0.448. The molecule has 5 rings (SSSR count). The average molecular weight is 456 g/mol. The Kier molecular flexibility index (Phi) is 4.85. The summed E-state index contributed by atoms with van der Waals surface area (Å²) in [5, 5.41) is -0.309. The van der Waals surface area contributed by atoms with Crippen molar-refractivity contribution in [2.24, 2.45) is 0 Å². The summed E-state index contributed by atoms with van der Waals surface area (Å²) in [4.78, 5) is 0. The van der Waals surface area contributed by atoms with E-state index in [2.05, 4.69) is 0 Å². The van der Waals surface area contributed by atoms with Crippen LogP contribution in [0, 0.1) is 40.7 Å². The van der Waals surface area contributed by atoms with Crippen LogP contribution in [0.5, 0.6) is 0 Å². The van der Waals surface area contributed by atoms with Crippen molar-refractivity contribution in [3.8, 4) is 22.3 Å². The molecule has 164 valence electrons. The number of rotatable bonds is 2. The van der Waals surface area contributed by atoms with Crippen LogP contribution >= 0.6 is 0 Å². The second kappa shape index (κ2) is 7.62. The lowest BCUT2D eigenvalue weighted by Gasteiger charge is -2.19. The molecule has 0 aliphatic heterocycles. The van der Waals surface area contributed by atoms with Gasteiger partial charge in [-0.15, -0.1) is 0 Å². The van der Waals surface area contributed by atoms with Gasteiger partial charge in [0.25, 0.3) is 0 Å². The maximum absolute atomic E-state index is 15.2. The molecule has 5 aromatic carbocycles. The van der Waals surface area contributed by atoms with Crippen LogP contribution in [0.4, 0.5) is 30.7 Å². The SMILES string of the molecule is Fc1ccc(-c2c3ccccc3c(-c3cc(F)c(F)c(F)c3)c3c(F)ccc(F)c23)c(F)c1. The number of hydrogen-bond acceptors (Lipinski definition) is 0. The molecular weight excluding hydrogens is 445 g/mol. The molecule has 0 bridgehead atoms. The molecule has 0 saturated carbocycles. The molecule has 0 aromatic heterocycles. The second-order valence-electron chi connectivity index (χ2n) is 7.45. The third-order valence-electron chi connectivity index (χ3n) is 5.54. The van der Waals surface area contributed by atoms with Crippen LogP contribution in [0.15, 0.2) is 66.7 Å². The van der Waals surface area contributed by atoms with E-state index in [-0.39, 0.29) is 43.8 Å². The fourth-order valence-electron chi connectivity index (χ4n) is 4.20. The quantitative estimate of drug-likeness (QED) is 0.142. The molecule has 0 radical (unpaired) electrons. The van der Waals surface area contributed by atoms with Crippen molar-refractivity contribution in [2.45, 2.75) is 0 Å². The van der Waals surface area contributed by atoms with Gasteiger partial charge in [-0.25, -0.2) is 30.7 Å². The van der Waals surface area contributed by atoms with E-state index >= 15 is 8.78 Å². The van der Waals surface area contributed by atoms with E-state index < -0.39 is 40.7 Å². The summed E-state index contributed by atoms with van der Waals surface area (Å²) in [6.45, 7) is 0. The van der Waals surface area contributed by atoms with Crippen LogP contribution in [0.3, 0.4) is 0 Å². The second-order valence-corrected chi connectivity index (χ2v) is 7.45. The first-order valence-electron chi connectivity index (χ1n) is 9.70. The zero-order chi connectivity index (χ0) is 23.4. The first-order chi connectivity index (χ1) is 15.8. The maximum atomic E-state index is 15.2. The summed E-state index contributed by atoms with van der Waals surface area (Å²) in [5.74, 6) is -8.45. The Bertz CT molecular complexity index is 1570. The minimum atomic E-state index is -1.70. The first-order valence-corrected chi connectivity index (χ1v) is 9.70. The first kappa shape index (κ1) is 21.0. The molecule has 0 nitrogen and oxygen atoms in total. The van der Waals surface area contributed by atoms with Gasteiger partial charge in [0.2, 0.25) is 0 Å². The predicted molar refractivity (Wildman–Crippen MR) is 112 cm³/mol. The van der Waals surface area contributed by atoms with Crippen molar-refractivity contribution in [1.82, 2.24) is 0 Å². The van der Waals surface area contributed by atoms with E-state index in [1.54, 1.807) is 12.1 Å². The summed E-state index contributed by atoms with van der Waals surface area (Å²) < 4.78 is 101. The van der Waals surface area contributed by atoms with Crippen molar-refractivity contribution in [3.05, 3.63) is 107 Å². The van der Waals surface area contributed by atoms with Gasteiger partial charge in [0.1, 0.15) is 23.3 Å². The van der Waals surface area contributed by atoms with Crippen LogP contribution in [-0.2, 0) is 0 Å². The normalized spacial score (nSPS) is 11.5. The van der Waals surface area contributed by atoms with E-state index in [0.29, 0.717) is 18.2 Å². The fraction of sp³-hybridized carbons (Fsp3) is 0. The van der Waals surface area contributed by atoms with E-state index in [0.717, 1.165) is 24.3 Å². The molecule has 0 atom stereocenters. The van der Waals surface area contributed by atoms with Crippen molar-refractivity contribution < 1.29 is 30.7 Å². The van der Waals surface area contributed by atoms with Crippen LogP contribution < -0.4 is 0 Å². The molecule has 0 amide bonds. The molecule has 0 aliphatic rings. The van der Waals surface area contributed by atoms with E-state index in [4.69, 9.17) is 0 Å². The predicted octanol–water partition coefficient (Wildman–Crippen LogP) is 8.30. The Balaban J connectivity index is 2.07. The molecule has 0 spiro atoms. The highest BCUT2D eigenvalue weighted by Gasteiger charge is 2.24. The van der Waals surface area contributed by atoms with E-state index in [9.17, 15) is 22.0 Å². The molecule has 0 aliphatic carbocycles. The van der Waals surface area contributed by atoms with Crippen LogP contribution in [0.2, 0.25) is 0 Å². The minimum absolute atomic E-state index is 0.0538. The summed E-state index contributed by atoms with van der Waals surface area (Å²) in [6, 6.07) is 11.8. The molecule has 0 fully saturated rings. The van der Waals surface area contributed by atoms with Gasteiger partial charge in [0.05, 0.1) is 0 Å². The minimum Gasteiger partial charge on any atom is -0.207 e. The van der Waals surface area contributed by atoms with Crippen LogP contribution in [0.25, 0.3) is 43.8 Å². The summed E-state index contributed by atoms with van der Waals surface area (Å²) in [6.07, 6.45) is 0. The number of benzene rings is 5. The third-order valence-corrected chi connectivity index (χ3v) is 5.54. The molecule has 5 aromatic rings. The highest BCUT2D eigenvalue weighted by molar-refractivity contribution is 6.21. The molecule has 0 heterocycles. The molecule has 0 saturated heterocycles. The molecule has 0 N–H and O–H groups in total. The van der Waals surface area contributed by atoms with Crippen LogP contribution in [0.1, 0.15) is 0 Å². The fourth-order valence-corrected chi connectivity index (χ4v) is 4.20. The summed E-state index contributed by atoms with van der Waals surface area (Å²) in [5.41, 5.74) is -0.572. The lowest BCUT2D eigenvalue weighted by atomic mass is 9.85. The number of hydrogen-bond donors (Lipinski definition) is 0. The molecule has 33 heavy (non-hydrogen) atoms. The highest BCUT2D eigenvalue weighted by atomic mass is 19.2. The Morgan fingerprint density at radius 1 is 0.455 bits per heavy atom. The maximum Gasteiger partial charge on any atom is 0.194 e. The number of fused-ring (bicyclic) bond motifs is 2. The van der Waals surface area contributed by atoms with Gasteiger partial charge < -0.3 is 0 Å². The topological polar surface area (TPSA) is 0 Å². The van der Waals surface area contributed by atoms with Gasteiger partial charge in [-0.3, -0.25) is 0 Å². The summed E-state index contributed by atoms with van der Waals surface area (Å²) >= 11 is 0. The summed E-state index contributed by atoms with van der Waals surface area (Å²) in [7, 11) is 0. The highest BCUT2D eigenvalue weighted by Crippen LogP contribution is 2.46. The zero-order valence-electron chi connectivity index (χ0n) is 16.5. The Morgan fingerprint density at radius 2 is 1.00 bits per heavy atom.